The number of hydrogen-bond acceptors (Lipinski definition) is 3. The number of fused-ring (bicyclic) bond motifs is 2. The van der Waals surface area contributed by atoms with Crippen molar-refractivity contribution in [3.05, 3.63) is 79.0 Å². The van der Waals surface area contributed by atoms with Gasteiger partial charge in [0.05, 0.1) is 6.54 Å². The third-order valence-corrected chi connectivity index (χ3v) is 6.07. The maximum atomic E-state index is 12.5. The largest absolute Gasteiger partial charge is 0.413 e. The van der Waals surface area contributed by atoms with Gasteiger partial charge in [0.2, 0.25) is 5.52 Å². The molecule has 0 bridgehead atoms. The number of aromatic nitrogens is 4. The first kappa shape index (κ1) is 22.2. The Morgan fingerprint density at radius 2 is 1.97 bits per heavy atom. The van der Waals surface area contributed by atoms with Crippen molar-refractivity contribution >= 4 is 33.8 Å². The van der Waals surface area contributed by atoms with E-state index in [-0.39, 0.29) is 11.4 Å². The van der Waals surface area contributed by atoms with E-state index in [1.54, 1.807) is 0 Å². The van der Waals surface area contributed by atoms with Crippen molar-refractivity contribution in [2.24, 2.45) is 5.92 Å². The van der Waals surface area contributed by atoms with Gasteiger partial charge in [0.1, 0.15) is 5.52 Å². The molecule has 0 saturated heterocycles. The molecule has 1 aromatic carbocycles. The number of nitrogens with zero attached hydrogens (tertiary/aromatic N) is 2. The molecule has 0 fully saturated rings. The molecule has 1 aliphatic rings. The summed E-state index contributed by atoms with van der Waals surface area (Å²) in [4.78, 5) is 34.2. The maximum absolute atomic E-state index is 12.5. The highest BCUT2D eigenvalue weighted by molar-refractivity contribution is 6.29. The Kier molecular flexibility index (Phi) is 6.15. The Morgan fingerprint density at radius 1 is 1.22 bits per heavy atom. The molecule has 166 valence electrons. The predicted molar refractivity (Wildman–Crippen MR) is 129 cm³/mol. The Hall–Kier alpha value is -2.99. The number of halogens is 1. The number of rotatable bonds is 7. The zero-order valence-corrected chi connectivity index (χ0v) is 19.6. The van der Waals surface area contributed by atoms with Crippen LogP contribution in [0.1, 0.15) is 52.0 Å². The van der Waals surface area contributed by atoms with Crippen molar-refractivity contribution in [1.29, 1.82) is 0 Å². The van der Waals surface area contributed by atoms with Gasteiger partial charge in [-0.2, -0.15) is 4.98 Å². The molecule has 0 amide bonds. The van der Waals surface area contributed by atoms with E-state index >= 15 is 0 Å². The van der Waals surface area contributed by atoms with E-state index < -0.39 is 11.2 Å². The summed E-state index contributed by atoms with van der Waals surface area (Å²) >= 11 is 6.04. The van der Waals surface area contributed by atoms with Crippen molar-refractivity contribution < 1.29 is 4.57 Å². The van der Waals surface area contributed by atoms with E-state index in [0.717, 1.165) is 34.5 Å². The number of nitrogens with one attached hydrogen (secondary N) is 2. The highest BCUT2D eigenvalue weighted by Crippen LogP contribution is 2.34. The van der Waals surface area contributed by atoms with E-state index in [1.807, 2.05) is 29.7 Å². The summed E-state index contributed by atoms with van der Waals surface area (Å²) in [5.41, 5.74) is 5.10. The van der Waals surface area contributed by atoms with Crippen molar-refractivity contribution in [3.63, 3.8) is 0 Å². The lowest BCUT2D eigenvalue weighted by molar-refractivity contribution is -0.648. The maximum Gasteiger partial charge on any atom is 0.413 e. The SMILES string of the molecule is CC(Cl)=CC=C(C1=CC1)C(C)CC[n+]1c2ccc(C(C)C)cc2nc2c(=O)[nH]c(=O)[nH]c21. The van der Waals surface area contributed by atoms with Crippen LogP contribution in [0.15, 0.2) is 62.2 Å². The van der Waals surface area contributed by atoms with Gasteiger partial charge in [-0.15, -0.1) is 0 Å². The predicted octanol–water partition coefficient (Wildman–Crippen LogP) is 4.60. The van der Waals surface area contributed by atoms with Gasteiger partial charge in [0.15, 0.2) is 5.52 Å². The minimum Gasteiger partial charge on any atom is -0.267 e. The summed E-state index contributed by atoms with van der Waals surface area (Å²) < 4.78 is 2.01. The summed E-state index contributed by atoms with van der Waals surface area (Å²) in [6.45, 7) is 8.94. The average molecular weight is 452 g/mol. The number of H-pyrrole nitrogens is 2. The highest BCUT2D eigenvalue weighted by Gasteiger charge is 2.23. The van der Waals surface area contributed by atoms with Gasteiger partial charge in [-0.3, -0.25) is 9.78 Å². The Morgan fingerprint density at radius 3 is 2.62 bits per heavy atom. The minimum atomic E-state index is -0.532. The monoisotopic (exact) mass is 451 g/mol. The van der Waals surface area contributed by atoms with Gasteiger partial charge in [-0.05, 0) is 66.5 Å². The summed E-state index contributed by atoms with van der Waals surface area (Å²) in [6, 6.07) is 6.14. The zero-order valence-electron chi connectivity index (χ0n) is 18.8. The van der Waals surface area contributed by atoms with Gasteiger partial charge in [-0.25, -0.2) is 14.3 Å². The summed E-state index contributed by atoms with van der Waals surface area (Å²) in [5, 5.41) is 0.745. The fourth-order valence-corrected chi connectivity index (χ4v) is 4.08. The lowest BCUT2D eigenvalue weighted by Gasteiger charge is -2.15. The van der Waals surface area contributed by atoms with Crippen LogP contribution in [-0.2, 0) is 6.54 Å². The second kappa shape index (κ2) is 8.87. The van der Waals surface area contributed by atoms with Gasteiger partial charge >= 0.3 is 11.3 Å². The smallest absolute Gasteiger partial charge is 0.267 e. The lowest BCUT2D eigenvalue weighted by Crippen LogP contribution is -2.41. The quantitative estimate of drug-likeness (QED) is 0.313. The van der Waals surface area contributed by atoms with Gasteiger partial charge in [0.25, 0.3) is 5.56 Å². The van der Waals surface area contributed by atoms with Gasteiger partial charge in [-0.1, -0.05) is 50.6 Å². The van der Waals surface area contributed by atoms with Crippen LogP contribution < -0.4 is 15.8 Å². The van der Waals surface area contributed by atoms with Crippen LogP contribution in [0, 0.1) is 5.92 Å². The molecule has 32 heavy (non-hydrogen) atoms. The molecule has 3 aromatic rings. The van der Waals surface area contributed by atoms with Crippen molar-refractivity contribution in [1.82, 2.24) is 15.0 Å². The molecule has 4 rings (SSSR count). The minimum absolute atomic E-state index is 0.243. The highest BCUT2D eigenvalue weighted by atomic mass is 35.5. The molecule has 2 N–H and O–H groups in total. The van der Waals surface area contributed by atoms with Crippen LogP contribution in [0.2, 0.25) is 0 Å². The fraction of sp³-hybridized carbons (Fsp3) is 0.360. The first-order valence-corrected chi connectivity index (χ1v) is 11.4. The fourth-order valence-electron chi connectivity index (χ4n) is 4.01. The normalized spacial score (nSPS) is 15.5. The molecule has 6 nitrogen and oxygen atoms in total. The second-order valence-electron chi connectivity index (χ2n) is 8.77. The standard InChI is InChI=1S/C25H27ClN4O2/c1-14(2)18-8-10-21-20(13-18)27-22-23(28-25(32)29-24(22)31)30(21)12-11-15(3)19(17-6-7-17)9-5-16(4)26/h5-6,8-10,13-15H,7,11-12H2,1-4H3,(H,29,31,32)/p+1. The number of allylic oxidation sites excluding steroid dienone is 6. The molecule has 1 aliphatic carbocycles. The van der Waals surface area contributed by atoms with E-state index in [4.69, 9.17) is 11.6 Å². The molecule has 0 radical (unpaired) electrons. The molecular weight excluding hydrogens is 424 g/mol. The molecule has 0 saturated carbocycles. The lowest BCUT2D eigenvalue weighted by atomic mass is 9.94. The second-order valence-corrected chi connectivity index (χ2v) is 9.37. The molecule has 7 heteroatoms. The molecular formula is C25H28ClN4O2+. The van der Waals surface area contributed by atoms with E-state index in [0.29, 0.717) is 18.1 Å². The van der Waals surface area contributed by atoms with Crippen LogP contribution in [0.5, 0.6) is 0 Å². The van der Waals surface area contributed by atoms with Crippen LogP contribution in [0.3, 0.4) is 0 Å². The summed E-state index contributed by atoms with van der Waals surface area (Å²) in [5.74, 6) is 0.627. The Labute approximate surface area is 191 Å². The van der Waals surface area contributed by atoms with Crippen molar-refractivity contribution in [2.75, 3.05) is 0 Å². The number of aryl methyl sites for hydroxylation is 1. The zero-order chi connectivity index (χ0) is 23.0. The third kappa shape index (κ3) is 4.60. The van der Waals surface area contributed by atoms with Gasteiger partial charge in [0, 0.05) is 5.03 Å². The molecule has 0 spiro atoms. The van der Waals surface area contributed by atoms with E-state index in [9.17, 15) is 9.59 Å². The topological polar surface area (TPSA) is 82.5 Å². The Balaban J connectivity index is 1.80. The molecule has 2 heterocycles. The van der Waals surface area contributed by atoms with Crippen molar-refractivity contribution in [3.8, 4) is 0 Å². The Bertz CT molecular complexity index is 1410. The van der Waals surface area contributed by atoms with Crippen LogP contribution in [0.25, 0.3) is 22.2 Å². The van der Waals surface area contributed by atoms with Crippen LogP contribution in [0.4, 0.5) is 0 Å². The first-order valence-electron chi connectivity index (χ1n) is 11.0. The van der Waals surface area contributed by atoms with Crippen molar-refractivity contribution in [2.45, 2.75) is 53.0 Å². The number of aromatic amines is 2. The average Bonchev–Trinajstić information content (AvgIpc) is 3.56. The molecule has 1 atom stereocenters. The molecule has 2 aromatic heterocycles. The third-order valence-electron chi connectivity index (χ3n) is 5.95. The summed E-state index contributed by atoms with van der Waals surface area (Å²) in [6.07, 6.45) is 8.09. The van der Waals surface area contributed by atoms with E-state index in [1.165, 1.54) is 11.1 Å². The number of benzene rings is 1. The first-order chi connectivity index (χ1) is 15.2. The van der Waals surface area contributed by atoms with Crippen LogP contribution in [-0.4, -0.2) is 15.0 Å². The molecule has 1 unspecified atom stereocenters. The number of hydrogen-bond donors (Lipinski definition) is 2. The molecule has 0 aliphatic heterocycles. The van der Waals surface area contributed by atoms with Crippen LogP contribution >= 0.6 is 11.6 Å². The van der Waals surface area contributed by atoms with E-state index in [2.05, 4.69) is 53.9 Å². The summed E-state index contributed by atoms with van der Waals surface area (Å²) in [7, 11) is 0. The van der Waals surface area contributed by atoms with Gasteiger partial charge < -0.3 is 0 Å².